The van der Waals surface area contributed by atoms with Crippen molar-refractivity contribution in [2.45, 2.75) is 25.8 Å². The molecule has 0 spiro atoms. The highest BCUT2D eigenvalue weighted by Gasteiger charge is 2.27. The van der Waals surface area contributed by atoms with E-state index in [1.165, 1.54) is 0 Å². The van der Waals surface area contributed by atoms with Gasteiger partial charge in [0.15, 0.2) is 0 Å². The molecule has 5 nitrogen and oxygen atoms in total. The van der Waals surface area contributed by atoms with Gasteiger partial charge in [-0.15, -0.1) is 0 Å². The molecule has 2 heterocycles. The quantitative estimate of drug-likeness (QED) is 0.885. The SMILES string of the molecule is CCCN(C(=O)c1cc(-c2ccc(Cl)cc2)n[nH]1)C1CCNC1. The van der Waals surface area contributed by atoms with Gasteiger partial charge in [-0.3, -0.25) is 9.89 Å². The van der Waals surface area contributed by atoms with E-state index in [9.17, 15) is 4.79 Å². The van der Waals surface area contributed by atoms with Crippen LogP contribution in [0.15, 0.2) is 30.3 Å². The van der Waals surface area contributed by atoms with Crippen molar-refractivity contribution < 1.29 is 4.79 Å². The zero-order chi connectivity index (χ0) is 16.2. The van der Waals surface area contributed by atoms with Crippen molar-refractivity contribution in [3.63, 3.8) is 0 Å². The molecule has 2 aromatic rings. The molecule has 6 heteroatoms. The van der Waals surface area contributed by atoms with Crippen molar-refractivity contribution in [2.75, 3.05) is 19.6 Å². The Kier molecular flexibility index (Phi) is 4.98. The Morgan fingerprint density at radius 2 is 2.17 bits per heavy atom. The molecule has 1 amide bonds. The molecule has 2 N–H and O–H groups in total. The lowest BCUT2D eigenvalue weighted by Crippen LogP contribution is -2.42. The number of carbonyl (C=O) groups is 1. The van der Waals surface area contributed by atoms with Crippen LogP contribution in [0.5, 0.6) is 0 Å². The van der Waals surface area contributed by atoms with Gasteiger partial charge in [0.1, 0.15) is 5.69 Å². The standard InChI is InChI=1S/C17H21ClN4O/c1-2-9-22(14-7-8-19-11-14)17(23)16-10-15(20-21-16)12-3-5-13(18)6-4-12/h3-6,10,14,19H,2,7-9,11H2,1H3,(H,20,21). The summed E-state index contributed by atoms with van der Waals surface area (Å²) in [6.07, 6.45) is 1.95. The molecule has 1 atom stereocenters. The van der Waals surface area contributed by atoms with Gasteiger partial charge in [-0.25, -0.2) is 0 Å². The maximum atomic E-state index is 12.8. The van der Waals surface area contributed by atoms with Crippen molar-refractivity contribution in [1.82, 2.24) is 20.4 Å². The highest BCUT2D eigenvalue weighted by atomic mass is 35.5. The Morgan fingerprint density at radius 3 is 2.83 bits per heavy atom. The van der Waals surface area contributed by atoms with Crippen molar-refractivity contribution in [3.05, 3.63) is 41.0 Å². The molecule has 23 heavy (non-hydrogen) atoms. The van der Waals surface area contributed by atoms with Crippen LogP contribution in [0.25, 0.3) is 11.3 Å². The zero-order valence-electron chi connectivity index (χ0n) is 13.2. The molecular formula is C17H21ClN4O. The molecule has 1 aromatic heterocycles. The van der Waals surface area contributed by atoms with Crippen LogP contribution >= 0.6 is 11.6 Å². The number of aromatic amines is 1. The van der Waals surface area contributed by atoms with Gasteiger partial charge in [-0.1, -0.05) is 30.7 Å². The average molecular weight is 333 g/mol. The van der Waals surface area contributed by atoms with Gasteiger partial charge in [0.05, 0.1) is 5.69 Å². The van der Waals surface area contributed by atoms with Crippen LogP contribution in [0.4, 0.5) is 0 Å². The number of rotatable bonds is 5. The van der Waals surface area contributed by atoms with E-state index in [4.69, 9.17) is 11.6 Å². The van der Waals surface area contributed by atoms with Crippen LogP contribution in [0.2, 0.25) is 5.02 Å². The maximum absolute atomic E-state index is 12.8. The first-order valence-electron chi connectivity index (χ1n) is 8.02. The van der Waals surface area contributed by atoms with Crippen LogP contribution < -0.4 is 5.32 Å². The van der Waals surface area contributed by atoms with E-state index >= 15 is 0 Å². The number of carbonyl (C=O) groups excluding carboxylic acids is 1. The number of hydrogen-bond donors (Lipinski definition) is 2. The molecule has 1 aromatic carbocycles. The normalized spacial score (nSPS) is 17.4. The van der Waals surface area contributed by atoms with Crippen LogP contribution in [-0.2, 0) is 0 Å². The molecule has 1 aliphatic rings. The first-order chi connectivity index (χ1) is 11.2. The van der Waals surface area contributed by atoms with Gasteiger partial charge in [0.25, 0.3) is 5.91 Å². The van der Waals surface area contributed by atoms with Gasteiger partial charge in [-0.05, 0) is 37.6 Å². The molecule has 3 rings (SSSR count). The minimum atomic E-state index is 0.0215. The number of hydrogen-bond acceptors (Lipinski definition) is 3. The fourth-order valence-corrected chi connectivity index (χ4v) is 3.08. The number of amides is 1. The molecule has 1 fully saturated rings. The summed E-state index contributed by atoms with van der Waals surface area (Å²) in [6, 6.07) is 9.53. The minimum absolute atomic E-state index is 0.0215. The van der Waals surface area contributed by atoms with Gasteiger partial charge in [0, 0.05) is 29.7 Å². The Balaban J connectivity index is 1.80. The predicted octanol–water partition coefficient (Wildman–Crippen LogP) is 2.94. The summed E-state index contributed by atoms with van der Waals surface area (Å²) in [5, 5.41) is 11.2. The molecule has 0 bridgehead atoms. The minimum Gasteiger partial charge on any atom is -0.333 e. The summed E-state index contributed by atoms with van der Waals surface area (Å²) < 4.78 is 0. The van der Waals surface area contributed by atoms with E-state index in [1.54, 1.807) is 0 Å². The summed E-state index contributed by atoms with van der Waals surface area (Å²) in [6.45, 7) is 4.69. The van der Waals surface area contributed by atoms with E-state index < -0.39 is 0 Å². The van der Waals surface area contributed by atoms with Crippen molar-refractivity contribution in [2.24, 2.45) is 0 Å². The van der Waals surface area contributed by atoms with Gasteiger partial charge >= 0.3 is 0 Å². The van der Waals surface area contributed by atoms with Gasteiger partial charge < -0.3 is 10.2 Å². The fourth-order valence-electron chi connectivity index (χ4n) is 2.95. The Hall–Kier alpha value is -1.85. The monoisotopic (exact) mass is 332 g/mol. The maximum Gasteiger partial charge on any atom is 0.272 e. The molecule has 1 aliphatic heterocycles. The summed E-state index contributed by atoms with van der Waals surface area (Å²) >= 11 is 5.91. The Labute approximate surface area is 141 Å². The second kappa shape index (κ2) is 7.15. The number of nitrogens with zero attached hydrogens (tertiary/aromatic N) is 2. The third-order valence-corrected chi connectivity index (χ3v) is 4.40. The second-order valence-corrected chi connectivity index (χ2v) is 6.26. The zero-order valence-corrected chi connectivity index (χ0v) is 13.9. The van der Waals surface area contributed by atoms with E-state index in [2.05, 4.69) is 22.4 Å². The lowest BCUT2D eigenvalue weighted by atomic mass is 10.1. The third-order valence-electron chi connectivity index (χ3n) is 4.15. The van der Waals surface area contributed by atoms with Crippen molar-refractivity contribution in [1.29, 1.82) is 0 Å². The number of H-pyrrole nitrogens is 1. The predicted molar refractivity (Wildman–Crippen MR) is 91.6 cm³/mol. The van der Waals surface area contributed by atoms with Gasteiger partial charge in [-0.2, -0.15) is 5.10 Å². The number of halogens is 1. The molecular weight excluding hydrogens is 312 g/mol. The number of nitrogens with one attached hydrogen (secondary N) is 2. The van der Waals surface area contributed by atoms with Crippen LogP contribution in [-0.4, -0.2) is 46.7 Å². The summed E-state index contributed by atoms with van der Waals surface area (Å²) in [5.41, 5.74) is 2.23. The molecule has 122 valence electrons. The summed E-state index contributed by atoms with van der Waals surface area (Å²) in [5.74, 6) is 0.0215. The third kappa shape index (κ3) is 3.57. The molecule has 1 unspecified atom stereocenters. The summed E-state index contributed by atoms with van der Waals surface area (Å²) in [4.78, 5) is 14.8. The van der Waals surface area contributed by atoms with Crippen LogP contribution in [0.3, 0.4) is 0 Å². The Bertz CT molecular complexity index is 661. The Morgan fingerprint density at radius 1 is 1.39 bits per heavy atom. The lowest BCUT2D eigenvalue weighted by Gasteiger charge is -2.27. The van der Waals surface area contributed by atoms with Crippen molar-refractivity contribution >= 4 is 17.5 Å². The smallest absolute Gasteiger partial charge is 0.272 e. The highest BCUT2D eigenvalue weighted by molar-refractivity contribution is 6.30. The molecule has 0 radical (unpaired) electrons. The number of benzene rings is 1. The topological polar surface area (TPSA) is 61.0 Å². The highest BCUT2D eigenvalue weighted by Crippen LogP contribution is 2.21. The van der Waals surface area contributed by atoms with E-state index in [-0.39, 0.29) is 11.9 Å². The van der Waals surface area contributed by atoms with Crippen LogP contribution in [0, 0.1) is 0 Å². The van der Waals surface area contributed by atoms with E-state index in [1.807, 2.05) is 35.2 Å². The fraction of sp³-hybridized carbons (Fsp3) is 0.412. The first-order valence-corrected chi connectivity index (χ1v) is 8.40. The first kappa shape index (κ1) is 16.0. The van der Waals surface area contributed by atoms with E-state index in [0.29, 0.717) is 10.7 Å². The van der Waals surface area contributed by atoms with Crippen LogP contribution in [0.1, 0.15) is 30.3 Å². The average Bonchev–Trinajstić information content (AvgIpc) is 3.24. The van der Waals surface area contributed by atoms with Gasteiger partial charge in [0.2, 0.25) is 0 Å². The van der Waals surface area contributed by atoms with Crippen molar-refractivity contribution in [3.8, 4) is 11.3 Å². The molecule has 1 saturated heterocycles. The lowest BCUT2D eigenvalue weighted by molar-refractivity contribution is 0.0686. The summed E-state index contributed by atoms with van der Waals surface area (Å²) in [7, 11) is 0. The largest absolute Gasteiger partial charge is 0.333 e. The molecule has 0 saturated carbocycles. The van der Waals surface area contributed by atoms with E-state index in [0.717, 1.165) is 43.7 Å². The second-order valence-electron chi connectivity index (χ2n) is 5.82. The molecule has 0 aliphatic carbocycles. The number of aromatic nitrogens is 2.